The molecule has 0 spiro atoms. The van der Waals surface area contributed by atoms with Crippen molar-refractivity contribution in [3.05, 3.63) is 46.0 Å². The summed E-state index contributed by atoms with van der Waals surface area (Å²) in [5.41, 5.74) is 6.48. The number of ether oxygens (including phenoxy) is 1. The van der Waals surface area contributed by atoms with Crippen molar-refractivity contribution in [1.29, 1.82) is 0 Å². The molecule has 2 heterocycles. The standard InChI is InChI=1S/C18H20N4O4S/c1-10-5-12-3-4-13(26-9-14-7-20-11(2)27-14)6-16(12)22(10)18(25)21-15(8-23)17(19)24/h3-7,15,23H,8-9H2,1-2H3,(H2,19,24)(H,21,25)/t15-/m0/s1. The van der Waals surface area contributed by atoms with Crippen LogP contribution in [0.1, 0.15) is 15.6 Å². The summed E-state index contributed by atoms with van der Waals surface area (Å²) in [6, 6.07) is 5.60. The number of hydrogen-bond acceptors (Lipinski definition) is 6. The van der Waals surface area contributed by atoms with Crippen LogP contribution < -0.4 is 15.8 Å². The Bertz CT molecular complexity index is 995. The van der Waals surface area contributed by atoms with Crippen LogP contribution in [0.2, 0.25) is 0 Å². The maximum atomic E-state index is 12.6. The second-order valence-electron chi connectivity index (χ2n) is 6.06. The number of thiazole rings is 1. The lowest BCUT2D eigenvalue weighted by Crippen LogP contribution is -2.48. The van der Waals surface area contributed by atoms with Gasteiger partial charge in [0, 0.05) is 23.3 Å². The summed E-state index contributed by atoms with van der Waals surface area (Å²) >= 11 is 1.56. The number of aromatic nitrogens is 2. The lowest BCUT2D eigenvalue weighted by molar-refractivity contribution is -0.120. The fourth-order valence-corrected chi connectivity index (χ4v) is 3.43. The van der Waals surface area contributed by atoms with Crippen LogP contribution in [0, 0.1) is 13.8 Å². The normalized spacial score (nSPS) is 12.1. The number of nitrogens with two attached hydrogens (primary N) is 1. The Kier molecular flexibility index (Phi) is 5.43. The van der Waals surface area contributed by atoms with E-state index < -0.39 is 24.6 Å². The molecule has 0 fully saturated rings. The molecule has 8 nitrogen and oxygen atoms in total. The number of benzene rings is 1. The number of aliphatic hydroxyl groups excluding tert-OH is 1. The van der Waals surface area contributed by atoms with E-state index in [2.05, 4.69) is 10.3 Å². The second-order valence-corrected chi connectivity index (χ2v) is 7.38. The van der Waals surface area contributed by atoms with Crippen molar-refractivity contribution in [3.8, 4) is 5.75 Å². The predicted octanol–water partition coefficient (Wildman–Crippen LogP) is 1.70. The summed E-state index contributed by atoms with van der Waals surface area (Å²) in [4.78, 5) is 29.1. The molecule has 3 rings (SSSR count). The summed E-state index contributed by atoms with van der Waals surface area (Å²) in [7, 11) is 0. The molecule has 1 aromatic carbocycles. The fraction of sp³-hybridized carbons (Fsp3) is 0.278. The first kappa shape index (κ1) is 18.9. The number of carbonyl (C=O) groups is 2. The van der Waals surface area contributed by atoms with Crippen LogP contribution >= 0.6 is 11.3 Å². The fourth-order valence-electron chi connectivity index (χ4n) is 2.72. The highest BCUT2D eigenvalue weighted by Gasteiger charge is 2.20. The lowest BCUT2D eigenvalue weighted by Gasteiger charge is -2.15. The van der Waals surface area contributed by atoms with Crippen LogP contribution in [0.4, 0.5) is 4.79 Å². The van der Waals surface area contributed by atoms with Gasteiger partial charge in [-0.2, -0.15) is 0 Å². The topological polar surface area (TPSA) is 119 Å². The lowest BCUT2D eigenvalue weighted by atomic mass is 10.2. The van der Waals surface area contributed by atoms with Crippen molar-refractivity contribution >= 4 is 34.2 Å². The number of nitrogens with one attached hydrogen (secondary N) is 1. The van der Waals surface area contributed by atoms with Crippen molar-refractivity contribution in [2.24, 2.45) is 5.73 Å². The van der Waals surface area contributed by atoms with E-state index in [4.69, 9.17) is 10.5 Å². The van der Waals surface area contributed by atoms with Gasteiger partial charge in [0.1, 0.15) is 18.4 Å². The van der Waals surface area contributed by atoms with Crippen molar-refractivity contribution in [2.45, 2.75) is 26.5 Å². The third-order valence-electron chi connectivity index (χ3n) is 4.04. The van der Waals surface area contributed by atoms with Crippen LogP contribution in [-0.4, -0.2) is 39.2 Å². The van der Waals surface area contributed by atoms with Gasteiger partial charge in [-0.15, -0.1) is 11.3 Å². The Labute approximate surface area is 159 Å². The number of carbonyl (C=O) groups excluding carboxylic acids is 2. The van der Waals surface area contributed by atoms with E-state index in [9.17, 15) is 14.7 Å². The Hall–Kier alpha value is -2.91. The molecule has 27 heavy (non-hydrogen) atoms. The van der Waals surface area contributed by atoms with Gasteiger partial charge in [0.25, 0.3) is 0 Å². The minimum absolute atomic E-state index is 0.386. The molecule has 2 aromatic heterocycles. The summed E-state index contributed by atoms with van der Waals surface area (Å²) in [5.74, 6) is -0.196. The van der Waals surface area contributed by atoms with E-state index in [0.29, 0.717) is 23.6 Å². The number of nitrogens with zero attached hydrogens (tertiary/aromatic N) is 2. The van der Waals surface area contributed by atoms with E-state index in [1.807, 2.05) is 25.1 Å². The predicted molar refractivity (Wildman–Crippen MR) is 102 cm³/mol. The molecule has 0 bridgehead atoms. The number of rotatable bonds is 6. The van der Waals surface area contributed by atoms with E-state index >= 15 is 0 Å². The molecule has 0 aliphatic heterocycles. The second kappa shape index (κ2) is 7.77. The van der Waals surface area contributed by atoms with Crippen LogP contribution in [0.3, 0.4) is 0 Å². The zero-order chi connectivity index (χ0) is 19.6. The minimum Gasteiger partial charge on any atom is -0.488 e. The van der Waals surface area contributed by atoms with Gasteiger partial charge in [-0.1, -0.05) is 0 Å². The Morgan fingerprint density at radius 2 is 2.15 bits per heavy atom. The molecular weight excluding hydrogens is 368 g/mol. The van der Waals surface area contributed by atoms with Crippen molar-refractivity contribution in [2.75, 3.05) is 6.61 Å². The van der Waals surface area contributed by atoms with Crippen LogP contribution in [-0.2, 0) is 11.4 Å². The number of hydrogen-bond donors (Lipinski definition) is 3. The molecule has 9 heteroatoms. The number of fused-ring (bicyclic) bond motifs is 1. The molecule has 2 amide bonds. The molecule has 1 atom stereocenters. The highest BCUT2D eigenvalue weighted by atomic mass is 32.1. The summed E-state index contributed by atoms with van der Waals surface area (Å²) in [5, 5.41) is 13.5. The summed E-state index contributed by atoms with van der Waals surface area (Å²) in [6.07, 6.45) is 1.78. The highest BCUT2D eigenvalue weighted by molar-refractivity contribution is 7.11. The van der Waals surface area contributed by atoms with Gasteiger partial charge >= 0.3 is 6.03 Å². The highest BCUT2D eigenvalue weighted by Crippen LogP contribution is 2.25. The maximum absolute atomic E-state index is 12.6. The first-order valence-corrected chi connectivity index (χ1v) is 9.08. The van der Waals surface area contributed by atoms with Gasteiger partial charge in [-0.3, -0.25) is 9.36 Å². The Morgan fingerprint density at radius 1 is 1.37 bits per heavy atom. The number of aryl methyl sites for hydroxylation is 2. The minimum atomic E-state index is -1.15. The molecule has 0 saturated heterocycles. The zero-order valence-electron chi connectivity index (χ0n) is 14.9. The zero-order valence-corrected chi connectivity index (χ0v) is 15.7. The first-order chi connectivity index (χ1) is 12.9. The van der Waals surface area contributed by atoms with E-state index in [0.717, 1.165) is 15.3 Å². The smallest absolute Gasteiger partial charge is 0.326 e. The quantitative estimate of drug-likeness (QED) is 0.594. The SMILES string of the molecule is Cc1ncc(COc2ccc3cc(C)n(C(=O)N[C@@H](CO)C(N)=O)c3c2)s1. The maximum Gasteiger partial charge on any atom is 0.326 e. The van der Waals surface area contributed by atoms with Gasteiger partial charge in [-0.05, 0) is 32.0 Å². The molecule has 4 N–H and O–H groups in total. The number of aliphatic hydroxyl groups is 1. The van der Waals surface area contributed by atoms with Gasteiger partial charge in [0.15, 0.2) is 0 Å². The van der Waals surface area contributed by atoms with Gasteiger partial charge in [0.05, 0.1) is 22.0 Å². The largest absolute Gasteiger partial charge is 0.488 e. The molecular formula is C18H20N4O4S. The van der Waals surface area contributed by atoms with Crippen LogP contribution in [0.5, 0.6) is 5.75 Å². The Balaban J connectivity index is 1.85. The Morgan fingerprint density at radius 3 is 2.78 bits per heavy atom. The molecule has 142 valence electrons. The van der Waals surface area contributed by atoms with Crippen molar-refractivity contribution in [1.82, 2.24) is 14.9 Å². The molecule has 0 aliphatic carbocycles. The number of primary amides is 1. The average Bonchev–Trinajstić information content (AvgIpc) is 3.19. The first-order valence-electron chi connectivity index (χ1n) is 8.26. The molecule has 0 saturated carbocycles. The average molecular weight is 388 g/mol. The van der Waals surface area contributed by atoms with E-state index in [1.54, 1.807) is 30.5 Å². The van der Waals surface area contributed by atoms with E-state index in [1.165, 1.54) is 4.57 Å². The molecule has 0 radical (unpaired) electrons. The van der Waals surface area contributed by atoms with Crippen molar-refractivity contribution < 1.29 is 19.4 Å². The van der Waals surface area contributed by atoms with Crippen LogP contribution in [0.15, 0.2) is 30.5 Å². The molecule has 3 aromatic rings. The third-order valence-corrected chi connectivity index (χ3v) is 4.92. The van der Waals surface area contributed by atoms with Crippen LogP contribution in [0.25, 0.3) is 10.9 Å². The molecule has 0 aliphatic rings. The molecule has 0 unspecified atom stereocenters. The summed E-state index contributed by atoms with van der Waals surface area (Å²) < 4.78 is 7.23. The number of amides is 2. The third kappa shape index (κ3) is 4.09. The van der Waals surface area contributed by atoms with Gasteiger partial charge in [0.2, 0.25) is 5.91 Å². The van der Waals surface area contributed by atoms with Crippen molar-refractivity contribution in [3.63, 3.8) is 0 Å². The van der Waals surface area contributed by atoms with E-state index in [-0.39, 0.29) is 0 Å². The monoisotopic (exact) mass is 388 g/mol. The van der Waals surface area contributed by atoms with Gasteiger partial charge in [-0.25, -0.2) is 9.78 Å². The van der Waals surface area contributed by atoms with Gasteiger partial charge < -0.3 is 20.9 Å². The summed E-state index contributed by atoms with van der Waals surface area (Å²) in [6.45, 7) is 3.53.